The number of nitrogens with one attached hydrogen (secondary N) is 2. The highest BCUT2D eigenvalue weighted by molar-refractivity contribution is 4.90. The SMILES string of the molecule is CNC1COCC2(CCNCC2)C1. The van der Waals surface area contributed by atoms with E-state index < -0.39 is 0 Å². The molecule has 0 bridgehead atoms. The topological polar surface area (TPSA) is 33.3 Å². The molecule has 0 aliphatic carbocycles. The Morgan fingerprint density at radius 3 is 2.85 bits per heavy atom. The Labute approximate surface area is 80.2 Å². The number of hydrogen-bond donors (Lipinski definition) is 2. The molecular weight excluding hydrogens is 164 g/mol. The molecule has 0 aromatic heterocycles. The minimum Gasteiger partial charge on any atom is -0.379 e. The van der Waals surface area contributed by atoms with Gasteiger partial charge < -0.3 is 15.4 Å². The lowest BCUT2D eigenvalue weighted by Crippen LogP contribution is -2.49. The molecule has 76 valence electrons. The summed E-state index contributed by atoms with van der Waals surface area (Å²) in [5.41, 5.74) is 0.483. The molecule has 1 atom stereocenters. The molecule has 2 aliphatic rings. The van der Waals surface area contributed by atoms with E-state index in [1.807, 2.05) is 7.05 Å². The van der Waals surface area contributed by atoms with Crippen molar-refractivity contribution in [3.05, 3.63) is 0 Å². The van der Waals surface area contributed by atoms with Gasteiger partial charge in [0.25, 0.3) is 0 Å². The number of piperidine rings is 1. The number of hydrogen-bond acceptors (Lipinski definition) is 3. The zero-order chi connectivity index (χ0) is 9.15. The smallest absolute Gasteiger partial charge is 0.0619 e. The normalized spacial score (nSPS) is 33.5. The van der Waals surface area contributed by atoms with E-state index in [1.54, 1.807) is 0 Å². The Morgan fingerprint density at radius 2 is 2.15 bits per heavy atom. The van der Waals surface area contributed by atoms with Gasteiger partial charge in [-0.25, -0.2) is 0 Å². The molecule has 13 heavy (non-hydrogen) atoms. The van der Waals surface area contributed by atoms with Crippen LogP contribution in [0.1, 0.15) is 19.3 Å². The highest BCUT2D eigenvalue weighted by atomic mass is 16.5. The quantitative estimate of drug-likeness (QED) is 0.617. The maximum Gasteiger partial charge on any atom is 0.0619 e. The fraction of sp³-hybridized carbons (Fsp3) is 1.00. The lowest BCUT2D eigenvalue weighted by atomic mass is 9.73. The average Bonchev–Trinajstić information content (AvgIpc) is 2.19. The van der Waals surface area contributed by atoms with Crippen molar-refractivity contribution in [1.82, 2.24) is 10.6 Å². The molecule has 2 rings (SSSR count). The molecule has 2 N–H and O–H groups in total. The fourth-order valence-corrected chi connectivity index (χ4v) is 2.55. The van der Waals surface area contributed by atoms with E-state index in [0.29, 0.717) is 11.5 Å². The minimum atomic E-state index is 0.483. The van der Waals surface area contributed by atoms with Crippen molar-refractivity contribution >= 4 is 0 Å². The third-order valence-electron chi connectivity index (χ3n) is 3.48. The van der Waals surface area contributed by atoms with Crippen LogP contribution in [0.3, 0.4) is 0 Å². The maximum absolute atomic E-state index is 5.68. The van der Waals surface area contributed by atoms with Gasteiger partial charge in [-0.15, -0.1) is 0 Å². The van der Waals surface area contributed by atoms with Crippen LogP contribution in [0.5, 0.6) is 0 Å². The lowest BCUT2D eigenvalue weighted by molar-refractivity contribution is -0.0411. The van der Waals surface area contributed by atoms with Crippen molar-refractivity contribution in [1.29, 1.82) is 0 Å². The Bertz CT molecular complexity index is 161. The third-order valence-corrected chi connectivity index (χ3v) is 3.48. The number of ether oxygens (including phenoxy) is 1. The minimum absolute atomic E-state index is 0.483. The monoisotopic (exact) mass is 184 g/mol. The summed E-state index contributed by atoms with van der Waals surface area (Å²) in [4.78, 5) is 0. The standard InChI is InChI=1S/C10H20N2O/c1-11-9-6-10(8-13-7-9)2-4-12-5-3-10/h9,11-12H,2-8H2,1H3. The fourth-order valence-electron chi connectivity index (χ4n) is 2.55. The first kappa shape index (κ1) is 9.44. The number of likely N-dealkylation sites (N-methyl/N-ethyl adjacent to an activating group) is 1. The zero-order valence-electron chi connectivity index (χ0n) is 8.44. The summed E-state index contributed by atoms with van der Waals surface area (Å²) in [6.07, 6.45) is 3.86. The third kappa shape index (κ3) is 2.03. The molecule has 0 aromatic rings. The largest absolute Gasteiger partial charge is 0.379 e. The van der Waals surface area contributed by atoms with Crippen LogP contribution >= 0.6 is 0 Å². The second kappa shape index (κ2) is 3.95. The van der Waals surface area contributed by atoms with Gasteiger partial charge in [0.15, 0.2) is 0 Å². The first-order chi connectivity index (χ1) is 6.35. The Morgan fingerprint density at radius 1 is 1.38 bits per heavy atom. The second-order valence-electron chi connectivity index (χ2n) is 4.45. The molecule has 0 radical (unpaired) electrons. The van der Waals surface area contributed by atoms with E-state index in [4.69, 9.17) is 4.74 Å². The first-order valence-corrected chi connectivity index (χ1v) is 5.30. The predicted molar refractivity (Wildman–Crippen MR) is 52.8 cm³/mol. The molecule has 1 unspecified atom stereocenters. The van der Waals surface area contributed by atoms with Gasteiger partial charge in [0.1, 0.15) is 0 Å². The molecule has 0 aromatic carbocycles. The van der Waals surface area contributed by atoms with Gasteiger partial charge in [-0.2, -0.15) is 0 Å². The maximum atomic E-state index is 5.68. The van der Waals surface area contributed by atoms with Crippen LogP contribution in [0.4, 0.5) is 0 Å². The van der Waals surface area contributed by atoms with Gasteiger partial charge in [-0.1, -0.05) is 0 Å². The molecule has 2 aliphatic heterocycles. The van der Waals surface area contributed by atoms with Gasteiger partial charge >= 0.3 is 0 Å². The van der Waals surface area contributed by atoms with Crippen molar-refractivity contribution < 1.29 is 4.74 Å². The molecule has 2 saturated heterocycles. The summed E-state index contributed by atoms with van der Waals surface area (Å²) in [6.45, 7) is 4.21. The van der Waals surface area contributed by atoms with E-state index in [9.17, 15) is 0 Å². The van der Waals surface area contributed by atoms with E-state index >= 15 is 0 Å². The average molecular weight is 184 g/mol. The van der Waals surface area contributed by atoms with E-state index in [0.717, 1.165) is 13.2 Å². The summed E-state index contributed by atoms with van der Waals surface area (Å²) in [7, 11) is 2.04. The Balaban J connectivity index is 1.95. The number of rotatable bonds is 1. The van der Waals surface area contributed by atoms with Gasteiger partial charge in [0.2, 0.25) is 0 Å². The summed E-state index contributed by atoms with van der Waals surface area (Å²) in [5.74, 6) is 0. The lowest BCUT2D eigenvalue weighted by Gasteiger charge is -2.43. The van der Waals surface area contributed by atoms with Crippen LogP contribution < -0.4 is 10.6 Å². The van der Waals surface area contributed by atoms with E-state index in [-0.39, 0.29) is 0 Å². The zero-order valence-corrected chi connectivity index (χ0v) is 8.44. The summed E-state index contributed by atoms with van der Waals surface area (Å²) < 4.78 is 5.68. The van der Waals surface area contributed by atoms with Crippen LogP contribution in [0.2, 0.25) is 0 Å². The Kier molecular flexibility index (Phi) is 2.86. The summed E-state index contributed by atoms with van der Waals surface area (Å²) >= 11 is 0. The van der Waals surface area contributed by atoms with Crippen molar-refractivity contribution in [2.24, 2.45) is 5.41 Å². The van der Waals surface area contributed by atoms with Crippen LogP contribution in [-0.4, -0.2) is 39.4 Å². The van der Waals surface area contributed by atoms with Gasteiger partial charge in [-0.3, -0.25) is 0 Å². The molecule has 0 amide bonds. The first-order valence-electron chi connectivity index (χ1n) is 5.30. The van der Waals surface area contributed by atoms with Crippen molar-refractivity contribution in [2.75, 3.05) is 33.4 Å². The molecular formula is C10H20N2O. The molecule has 1 spiro atoms. The molecule has 2 heterocycles. The highest BCUT2D eigenvalue weighted by Gasteiger charge is 2.37. The van der Waals surface area contributed by atoms with Crippen LogP contribution in [0, 0.1) is 5.41 Å². The van der Waals surface area contributed by atoms with Crippen molar-refractivity contribution in [3.8, 4) is 0 Å². The predicted octanol–water partition coefficient (Wildman–Crippen LogP) is 0.364. The van der Waals surface area contributed by atoms with E-state index in [2.05, 4.69) is 10.6 Å². The van der Waals surface area contributed by atoms with Gasteiger partial charge in [0.05, 0.1) is 13.2 Å². The molecule has 0 saturated carbocycles. The van der Waals surface area contributed by atoms with Crippen LogP contribution in [-0.2, 0) is 4.74 Å². The summed E-state index contributed by atoms with van der Waals surface area (Å²) in [5, 5.41) is 6.74. The van der Waals surface area contributed by atoms with Gasteiger partial charge in [-0.05, 0) is 44.8 Å². The molecule has 3 heteroatoms. The van der Waals surface area contributed by atoms with Crippen molar-refractivity contribution in [3.63, 3.8) is 0 Å². The summed E-state index contributed by atoms with van der Waals surface area (Å²) in [6, 6.07) is 0.576. The van der Waals surface area contributed by atoms with Gasteiger partial charge in [0, 0.05) is 6.04 Å². The Hall–Kier alpha value is -0.120. The second-order valence-corrected chi connectivity index (χ2v) is 4.45. The van der Waals surface area contributed by atoms with Crippen LogP contribution in [0.25, 0.3) is 0 Å². The molecule has 2 fully saturated rings. The van der Waals surface area contributed by atoms with Crippen molar-refractivity contribution in [2.45, 2.75) is 25.3 Å². The highest BCUT2D eigenvalue weighted by Crippen LogP contribution is 2.36. The van der Waals surface area contributed by atoms with E-state index in [1.165, 1.54) is 32.4 Å². The van der Waals surface area contributed by atoms with Crippen LogP contribution in [0.15, 0.2) is 0 Å². The molecule has 3 nitrogen and oxygen atoms in total.